The summed E-state index contributed by atoms with van der Waals surface area (Å²) in [5.41, 5.74) is 1.15. The highest BCUT2D eigenvalue weighted by Gasteiger charge is 2.16. The van der Waals surface area contributed by atoms with Crippen LogP contribution in [0.2, 0.25) is 0 Å². The average Bonchev–Trinajstić information content (AvgIpc) is 2.55. The predicted molar refractivity (Wildman–Crippen MR) is 87.4 cm³/mol. The first-order valence-electron chi connectivity index (χ1n) is 6.87. The monoisotopic (exact) mass is 378 g/mol. The van der Waals surface area contributed by atoms with Crippen molar-refractivity contribution in [3.05, 3.63) is 64.1 Å². The summed E-state index contributed by atoms with van der Waals surface area (Å²) in [5, 5.41) is 8.86. The van der Waals surface area contributed by atoms with Crippen molar-refractivity contribution in [2.45, 2.75) is 19.6 Å². The van der Waals surface area contributed by atoms with Crippen LogP contribution >= 0.6 is 15.9 Å². The number of aliphatic carboxylic acids is 1. The molecule has 2 aromatic rings. The molecule has 2 aromatic carbocycles. The maximum absolute atomic E-state index is 12.2. The summed E-state index contributed by atoms with van der Waals surface area (Å²) in [6.45, 7) is 1.57. The summed E-state index contributed by atoms with van der Waals surface area (Å²) < 4.78 is 11.1. The van der Waals surface area contributed by atoms with Gasteiger partial charge in [0.15, 0.2) is 6.10 Å². The lowest BCUT2D eigenvalue weighted by molar-refractivity contribution is -0.144. The largest absolute Gasteiger partial charge is 0.479 e. The van der Waals surface area contributed by atoms with E-state index < -0.39 is 18.0 Å². The van der Waals surface area contributed by atoms with Gasteiger partial charge in [0.1, 0.15) is 12.4 Å². The van der Waals surface area contributed by atoms with Gasteiger partial charge in [-0.3, -0.25) is 0 Å². The molecule has 6 heteroatoms. The third kappa shape index (κ3) is 4.82. The van der Waals surface area contributed by atoms with Gasteiger partial charge in [-0.1, -0.05) is 30.3 Å². The molecule has 0 aliphatic carbocycles. The SMILES string of the molecule is C[C@H](Oc1ccc(Br)c(C(=O)OCc2ccccc2)c1)C(=O)O. The van der Waals surface area contributed by atoms with Gasteiger partial charge in [-0.25, -0.2) is 9.59 Å². The van der Waals surface area contributed by atoms with Crippen LogP contribution in [-0.2, 0) is 16.1 Å². The number of carbonyl (C=O) groups is 2. The Hall–Kier alpha value is -2.34. The molecule has 1 N–H and O–H groups in total. The molecular formula is C17H15BrO5. The summed E-state index contributed by atoms with van der Waals surface area (Å²) in [6.07, 6.45) is -1.01. The lowest BCUT2D eigenvalue weighted by Crippen LogP contribution is -2.23. The number of carbonyl (C=O) groups excluding carboxylic acids is 1. The van der Waals surface area contributed by atoms with Gasteiger partial charge in [0.2, 0.25) is 0 Å². The number of esters is 1. The van der Waals surface area contributed by atoms with Crippen molar-refractivity contribution in [2.24, 2.45) is 0 Å². The number of benzene rings is 2. The molecule has 0 amide bonds. The predicted octanol–water partition coefficient (Wildman–Crippen LogP) is 3.66. The van der Waals surface area contributed by atoms with E-state index in [4.69, 9.17) is 14.6 Å². The molecule has 0 spiro atoms. The van der Waals surface area contributed by atoms with E-state index in [0.717, 1.165) is 5.56 Å². The van der Waals surface area contributed by atoms with Gasteiger partial charge in [0.05, 0.1) is 5.56 Å². The van der Waals surface area contributed by atoms with Crippen molar-refractivity contribution in [1.29, 1.82) is 0 Å². The molecule has 0 radical (unpaired) electrons. The number of carboxylic acids is 1. The van der Waals surface area contributed by atoms with E-state index in [-0.39, 0.29) is 17.9 Å². The van der Waals surface area contributed by atoms with Gasteiger partial charge in [-0.2, -0.15) is 0 Å². The van der Waals surface area contributed by atoms with Crippen LogP contribution in [0.15, 0.2) is 53.0 Å². The van der Waals surface area contributed by atoms with Crippen LogP contribution in [0, 0.1) is 0 Å². The van der Waals surface area contributed by atoms with Crippen molar-refractivity contribution in [3.8, 4) is 5.75 Å². The summed E-state index contributed by atoms with van der Waals surface area (Å²) in [5.74, 6) is -1.31. The van der Waals surface area contributed by atoms with Crippen LogP contribution in [0.4, 0.5) is 0 Å². The molecule has 0 aromatic heterocycles. The highest BCUT2D eigenvalue weighted by Crippen LogP contribution is 2.24. The van der Waals surface area contributed by atoms with E-state index >= 15 is 0 Å². The minimum Gasteiger partial charge on any atom is -0.479 e. The Kier molecular flexibility index (Phi) is 5.76. The Bertz CT molecular complexity index is 699. The zero-order valence-electron chi connectivity index (χ0n) is 12.4. The Morgan fingerprint density at radius 2 is 1.87 bits per heavy atom. The van der Waals surface area contributed by atoms with Gasteiger partial charge < -0.3 is 14.6 Å². The first-order chi connectivity index (χ1) is 11.0. The smallest absolute Gasteiger partial charge is 0.344 e. The molecule has 1 atom stereocenters. The Morgan fingerprint density at radius 1 is 1.17 bits per heavy atom. The summed E-state index contributed by atoms with van der Waals surface area (Å²) in [6, 6.07) is 14.0. The summed E-state index contributed by atoms with van der Waals surface area (Å²) in [4.78, 5) is 23.0. The highest BCUT2D eigenvalue weighted by atomic mass is 79.9. The van der Waals surface area contributed by atoms with Gasteiger partial charge in [0, 0.05) is 4.47 Å². The van der Waals surface area contributed by atoms with Crippen molar-refractivity contribution in [1.82, 2.24) is 0 Å². The molecule has 23 heavy (non-hydrogen) atoms. The van der Waals surface area contributed by atoms with Crippen molar-refractivity contribution >= 4 is 27.9 Å². The molecule has 5 nitrogen and oxygen atoms in total. The second-order valence-electron chi connectivity index (χ2n) is 4.80. The standard InChI is InChI=1S/C17H15BrO5/c1-11(16(19)20)23-13-7-8-15(18)14(9-13)17(21)22-10-12-5-3-2-4-6-12/h2-9,11H,10H2,1H3,(H,19,20)/t11-/m0/s1. The number of rotatable bonds is 6. The lowest BCUT2D eigenvalue weighted by Gasteiger charge is -2.12. The van der Waals surface area contributed by atoms with Gasteiger partial charge in [0.25, 0.3) is 0 Å². The molecule has 2 rings (SSSR count). The molecule has 0 heterocycles. The third-order valence-corrected chi connectivity index (χ3v) is 3.72. The van der Waals surface area contributed by atoms with Crippen LogP contribution in [0.25, 0.3) is 0 Å². The average molecular weight is 379 g/mol. The Morgan fingerprint density at radius 3 is 2.52 bits per heavy atom. The van der Waals surface area contributed by atoms with Crippen molar-refractivity contribution in [3.63, 3.8) is 0 Å². The molecule has 0 bridgehead atoms. The number of carboxylic acid groups (broad SMARTS) is 1. The second-order valence-corrected chi connectivity index (χ2v) is 5.66. The minimum atomic E-state index is -1.08. The van der Waals surface area contributed by atoms with E-state index in [1.807, 2.05) is 30.3 Å². The molecule has 0 aliphatic rings. The second kappa shape index (κ2) is 7.78. The summed E-state index contributed by atoms with van der Waals surface area (Å²) in [7, 11) is 0. The fourth-order valence-electron chi connectivity index (χ4n) is 1.79. The van der Waals surface area contributed by atoms with Gasteiger partial charge >= 0.3 is 11.9 Å². The quantitative estimate of drug-likeness (QED) is 0.776. The zero-order valence-corrected chi connectivity index (χ0v) is 13.9. The van der Waals surface area contributed by atoms with E-state index in [9.17, 15) is 9.59 Å². The fourth-order valence-corrected chi connectivity index (χ4v) is 2.20. The van der Waals surface area contributed by atoms with Crippen LogP contribution in [-0.4, -0.2) is 23.1 Å². The molecule has 0 unspecified atom stereocenters. The molecule has 0 saturated carbocycles. The van der Waals surface area contributed by atoms with E-state index in [0.29, 0.717) is 4.47 Å². The molecular weight excluding hydrogens is 364 g/mol. The van der Waals surface area contributed by atoms with E-state index in [2.05, 4.69) is 15.9 Å². The van der Waals surface area contributed by atoms with Crippen molar-refractivity contribution < 1.29 is 24.2 Å². The fraction of sp³-hybridized carbons (Fsp3) is 0.176. The normalized spacial score (nSPS) is 11.6. The van der Waals surface area contributed by atoms with Crippen LogP contribution in [0.1, 0.15) is 22.8 Å². The zero-order chi connectivity index (χ0) is 16.8. The van der Waals surface area contributed by atoms with Gasteiger partial charge in [-0.05, 0) is 46.6 Å². The number of hydrogen-bond donors (Lipinski definition) is 1. The van der Waals surface area contributed by atoms with Crippen LogP contribution in [0.5, 0.6) is 5.75 Å². The first-order valence-corrected chi connectivity index (χ1v) is 7.66. The van der Waals surface area contributed by atoms with Crippen LogP contribution in [0.3, 0.4) is 0 Å². The maximum atomic E-state index is 12.2. The topological polar surface area (TPSA) is 72.8 Å². The first kappa shape index (κ1) is 17.0. The Balaban J connectivity index is 2.08. The molecule has 0 fully saturated rings. The van der Waals surface area contributed by atoms with Crippen molar-refractivity contribution in [2.75, 3.05) is 0 Å². The van der Waals surface area contributed by atoms with Crippen LogP contribution < -0.4 is 4.74 Å². The maximum Gasteiger partial charge on any atom is 0.344 e. The van der Waals surface area contributed by atoms with Gasteiger partial charge in [-0.15, -0.1) is 0 Å². The molecule has 0 saturated heterocycles. The molecule has 0 aliphatic heterocycles. The minimum absolute atomic E-state index is 0.155. The molecule has 120 valence electrons. The Labute approximate surface area is 142 Å². The highest BCUT2D eigenvalue weighted by molar-refractivity contribution is 9.10. The lowest BCUT2D eigenvalue weighted by atomic mass is 10.2. The third-order valence-electron chi connectivity index (χ3n) is 3.03. The van der Waals surface area contributed by atoms with E-state index in [1.165, 1.54) is 13.0 Å². The number of halogens is 1. The number of hydrogen-bond acceptors (Lipinski definition) is 4. The summed E-state index contributed by atoms with van der Waals surface area (Å²) >= 11 is 3.28. The number of ether oxygens (including phenoxy) is 2. The van der Waals surface area contributed by atoms with E-state index in [1.54, 1.807) is 12.1 Å².